The minimum Gasteiger partial charge on any atom is -0.381 e. The molecule has 2 aliphatic heterocycles. The molecule has 5 nitrogen and oxygen atoms in total. The van der Waals surface area contributed by atoms with E-state index >= 15 is 0 Å². The van der Waals surface area contributed by atoms with Crippen molar-refractivity contribution in [1.29, 1.82) is 0 Å². The zero-order chi connectivity index (χ0) is 12.5. The molecule has 2 N–H and O–H groups in total. The van der Waals surface area contributed by atoms with Gasteiger partial charge in [0.2, 0.25) is 0 Å². The highest BCUT2D eigenvalue weighted by atomic mass is 32.2. The Morgan fingerprint density at radius 2 is 2.06 bits per heavy atom. The maximum atomic E-state index is 11.4. The third kappa shape index (κ3) is 3.40. The normalized spacial score (nSPS) is 31.8. The molecule has 2 fully saturated rings. The van der Waals surface area contributed by atoms with E-state index in [4.69, 9.17) is 10.5 Å². The summed E-state index contributed by atoms with van der Waals surface area (Å²) in [6, 6.07) is 0.142. The van der Waals surface area contributed by atoms with Crippen LogP contribution in [0.15, 0.2) is 0 Å². The van der Waals surface area contributed by atoms with Gasteiger partial charge in [-0.3, -0.25) is 0 Å². The molecule has 6 heteroatoms. The Labute approximate surface area is 103 Å². The van der Waals surface area contributed by atoms with Crippen LogP contribution in [0.4, 0.5) is 0 Å². The lowest BCUT2D eigenvalue weighted by Gasteiger charge is -2.38. The van der Waals surface area contributed by atoms with E-state index in [2.05, 4.69) is 4.90 Å². The van der Waals surface area contributed by atoms with Gasteiger partial charge in [-0.25, -0.2) is 8.42 Å². The number of hydrogen-bond acceptors (Lipinski definition) is 5. The van der Waals surface area contributed by atoms with Crippen molar-refractivity contribution in [2.24, 2.45) is 5.73 Å². The molecule has 100 valence electrons. The molecule has 17 heavy (non-hydrogen) atoms. The monoisotopic (exact) mass is 262 g/mol. The summed E-state index contributed by atoms with van der Waals surface area (Å²) < 4.78 is 28.2. The fraction of sp³-hybridized carbons (Fsp3) is 1.00. The van der Waals surface area contributed by atoms with Crippen LogP contribution in [0.25, 0.3) is 0 Å². The number of nitrogens with zero attached hydrogens (tertiary/aromatic N) is 1. The summed E-state index contributed by atoms with van der Waals surface area (Å²) in [4.78, 5) is 2.12. The van der Waals surface area contributed by atoms with E-state index in [1.54, 1.807) is 0 Å². The first-order valence-electron chi connectivity index (χ1n) is 6.18. The van der Waals surface area contributed by atoms with Gasteiger partial charge in [-0.2, -0.15) is 0 Å². The lowest BCUT2D eigenvalue weighted by atomic mass is 9.90. The van der Waals surface area contributed by atoms with Gasteiger partial charge in [0.15, 0.2) is 9.84 Å². The van der Waals surface area contributed by atoms with Gasteiger partial charge in [-0.05, 0) is 26.3 Å². The number of likely N-dealkylation sites (N-methyl/N-ethyl adjacent to an activating group) is 1. The zero-order valence-corrected chi connectivity index (χ0v) is 11.2. The second-order valence-corrected chi connectivity index (χ2v) is 7.68. The minimum atomic E-state index is -2.81. The predicted octanol–water partition coefficient (Wildman–Crippen LogP) is -0.387. The van der Waals surface area contributed by atoms with E-state index in [0.717, 1.165) is 25.8 Å². The van der Waals surface area contributed by atoms with Crippen LogP contribution < -0.4 is 5.73 Å². The van der Waals surface area contributed by atoms with Gasteiger partial charge >= 0.3 is 0 Å². The Morgan fingerprint density at radius 1 is 1.41 bits per heavy atom. The number of hydrogen-bond donors (Lipinski definition) is 1. The molecular weight excluding hydrogens is 240 g/mol. The third-order valence-corrected chi connectivity index (χ3v) is 5.63. The highest BCUT2D eigenvalue weighted by Crippen LogP contribution is 2.22. The van der Waals surface area contributed by atoms with E-state index in [1.807, 2.05) is 7.05 Å². The van der Waals surface area contributed by atoms with Crippen LogP contribution in [0.2, 0.25) is 0 Å². The van der Waals surface area contributed by atoms with Crippen molar-refractivity contribution in [3.8, 4) is 0 Å². The van der Waals surface area contributed by atoms with Gasteiger partial charge in [0.1, 0.15) is 0 Å². The van der Waals surface area contributed by atoms with E-state index in [-0.39, 0.29) is 17.3 Å². The molecule has 0 aliphatic carbocycles. The molecule has 1 atom stereocenters. The fourth-order valence-corrected chi connectivity index (χ4v) is 4.49. The van der Waals surface area contributed by atoms with Crippen LogP contribution in [0, 0.1) is 0 Å². The van der Waals surface area contributed by atoms with Crippen molar-refractivity contribution >= 4 is 9.84 Å². The molecule has 0 aromatic rings. The molecular formula is C11H22N2O3S. The van der Waals surface area contributed by atoms with Crippen molar-refractivity contribution in [1.82, 2.24) is 4.90 Å². The summed E-state index contributed by atoms with van der Waals surface area (Å²) in [5, 5.41) is 0. The first-order chi connectivity index (χ1) is 7.90. The molecule has 2 saturated heterocycles. The summed E-state index contributed by atoms with van der Waals surface area (Å²) >= 11 is 0. The van der Waals surface area contributed by atoms with Gasteiger partial charge < -0.3 is 15.4 Å². The molecule has 1 unspecified atom stereocenters. The maximum Gasteiger partial charge on any atom is 0.151 e. The van der Waals surface area contributed by atoms with Crippen molar-refractivity contribution < 1.29 is 13.2 Å². The quantitative estimate of drug-likeness (QED) is 0.750. The van der Waals surface area contributed by atoms with Crippen molar-refractivity contribution in [3.63, 3.8) is 0 Å². The molecule has 0 bridgehead atoms. The van der Waals surface area contributed by atoms with Gasteiger partial charge in [0, 0.05) is 31.3 Å². The van der Waals surface area contributed by atoms with Gasteiger partial charge in [0.05, 0.1) is 11.5 Å². The average molecular weight is 262 g/mol. The Hall–Kier alpha value is -0.170. The van der Waals surface area contributed by atoms with Crippen LogP contribution >= 0.6 is 0 Å². The molecule has 0 saturated carbocycles. The molecule has 2 aliphatic rings. The van der Waals surface area contributed by atoms with Gasteiger partial charge in [-0.1, -0.05) is 0 Å². The molecule has 0 amide bonds. The number of nitrogens with two attached hydrogens (primary N) is 1. The van der Waals surface area contributed by atoms with Crippen LogP contribution in [-0.4, -0.2) is 63.2 Å². The molecule has 2 heterocycles. The number of rotatable bonds is 3. The van der Waals surface area contributed by atoms with E-state index < -0.39 is 9.84 Å². The highest BCUT2D eigenvalue weighted by Gasteiger charge is 2.35. The Bertz CT molecular complexity index is 363. The largest absolute Gasteiger partial charge is 0.381 e. The molecule has 0 spiro atoms. The lowest BCUT2D eigenvalue weighted by Crippen LogP contribution is -2.54. The van der Waals surface area contributed by atoms with E-state index in [9.17, 15) is 8.42 Å². The van der Waals surface area contributed by atoms with Crippen LogP contribution in [0.5, 0.6) is 0 Å². The van der Waals surface area contributed by atoms with E-state index in [0.29, 0.717) is 19.0 Å². The molecule has 0 aromatic carbocycles. The SMILES string of the molecule is CN(CC1(N)CCOCC1)C1CCS(=O)(=O)C1. The smallest absolute Gasteiger partial charge is 0.151 e. The topological polar surface area (TPSA) is 72.6 Å². The highest BCUT2D eigenvalue weighted by molar-refractivity contribution is 7.91. The molecule has 2 rings (SSSR count). The van der Waals surface area contributed by atoms with Gasteiger partial charge in [-0.15, -0.1) is 0 Å². The number of ether oxygens (including phenoxy) is 1. The van der Waals surface area contributed by atoms with Crippen LogP contribution in [-0.2, 0) is 14.6 Å². The Morgan fingerprint density at radius 3 is 2.59 bits per heavy atom. The summed E-state index contributed by atoms with van der Waals surface area (Å²) in [7, 11) is -0.827. The second kappa shape index (κ2) is 4.84. The first kappa shape index (κ1) is 13.3. The molecule has 0 aromatic heterocycles. The van der Waals surface area contributed by atoms with Crippen molar-refractivity contribution in [3.05, 3.63) is 0 Å². The first-order valence-corrected chi connectivity index (χ1v) is 8.00. The number of sulfone groups is 1. The average Bonchev–Trinajstić information content (AvgIpc) is 2.59. The Kier molecular flexibility index (Phi) is 3.77. The summed E-state index contributed by atoms with van der Waals surface area (Å²) in [6.45, 7) is 2.19. The van der Waals surface area contributed by atoms with E-state index in [1.165, 1.54) is 0 Å². The minimum absolute atomic E-state index is 0.142. The van der Waals surface area contributed by atoms with Crippen molar-refractivity contribution in [2.75, 3.05) is 38.3 Å². The maximum absolute atomic E-state index is 11.4. The summed E-state index contributed by atoms with van der Waals surface area (Å²) in [6.07, 6.45) is 2.46. The fourth-order valence-electron chi connectivity index (χ4n) is 2.68. The lowest BCUT2D eigenvalue weighted by molar-refractivity contribution is 0.0369. The van der Waals surface area contributed by atoms with Crippen LogP contribution in [0.3, 0.4) is 0 Å². The predicted molar refractivity (Wildman–Crippen MR) is 66.7 cm³/mol. The third-order valence-electron chi connectivity index (χ3n) is 3.88. The van der Waals surface area contributed by atoms with Crippen LogP contribution in [0.1, 0.15) is 19.3 Å². The molecule has 0 radical (unpaired) electrons. The second-order valence-electron chi connectivity index (χ2n) is 5.45. The summed E-state index contributed by atoms with van der Waals surface area (Å²) in [5.41, 5.74) is 6.12. The zero-order valence-electron chi connectivity index (χ0n) is 10.4. The standard InChI is InChI=1S/C11H22N2O3S/c1-13(10-2-7-17(14,15)8-10)9-11(12)3-5-16-6-4-11/h10H,2-9,12H2,1H3. The Balaban J connectivity index is 1.90. The van der Waals surface area contributed by atoms with Crippen molar-refractivity contribution in [2.45, 2.75) is 30.8 Å². The van der Waals surface area contributed by atoms with Gasteiger partial charge in [0.25, 0.3) is 0 Å². The summed E-state index contributed by atoms with van der Waals surface area (Å²) in [5.74, 6) is 0.610.